The summed E-state index contributed by atoms with van der Waals surface area (Å²) in [6, 6.07) is 0. The monoisotopic (exact) mass is 241 g/mol. The molecule has 0 aromatic heterocycles. The maximum Gasteiger partial charge on any atom is 0.332 e. The van der Waals surface area contributed by atoms with Gasteiger partial charge in [0, 0.05) is 13.1 Å². The number of ether oxygens (including phenoxy) is 1. The van der Waals surface area contributed by atoms with Crippen LogP contribution in [0.25, 0.3) is 0 Å². The standard InChI is InChI=1S/C13H23NO3/c1-9(2)10-5-6-14(7-10)8-11-3-4-12(17-11)13(15)16/h9-12H,3-8H2,1-2H3,(H,15,16). The van der Waals surface area contributed by atoms with Crippen molar-refractivity contribution in [3.05, 3.63) is 0 Å². The van der Waals surface area contributed by atoms with Crippen LogP contribution in [0.2, 0.25) is 0 Å². The molecule has 1 N–H and O–H groups in total. The van der Waals surface area contributed by atoms with Gasteiger partial charge in [-0.05, 0) is 37.6 Å². The quantitative estimate of drug-likeness (QED) is 0.812. The predicted molar refractivity (Wildman–Crippen MR) is 64.9 cm³/mol. The van der Waals surface area contributed by atoms with Crippen LogP contribution in [0.4, 0.5) is 0 Å². The minimum absolute atomic E-state index is 0.127. The smallest absolute Gasteiger partial charge is 0.332 e. The third kappa shape index (κ3) is 3.19. The Bertz CT molecular complexity index is 280. The fourth-order valence-corrected chi connectivity index (χ4v) is 2.88. The summed E-state index contributed by atoms with van der Waals surface area (Å²) in [5, 5.41) is 8.87. The number of carbonyl (C=O) groups is 1. The summed E-state index contributed by atoms with van der Waals surface area (Å²) in [6.45, 7) is 7.75. The lowest BCUT2D eigenvalue weighted by Crippen LogP contribution is -2.32. The predicted octanol–water partition coefficient (Wildman–Crippen LogP) is 1.60. The van der Waals surface area contributed by atoms with E-state index in [9.17, 15) is 4.79 Å². The molecule has 0 saturated carbocycles. The zero-order valence-electron chi connectivity index (χ0n) is 10.8. The van der Waals surface area contributed by atoms with Crippen LogP contribution in [0, 0.1) is 11.8 Å². The molecule has 4 heteroatoms. The van der Waals surface area contributed by atoms with Gasteiger partial charge in [0.1, 0.15) is 0 Å². The lowest BCUT2D eigenvalue weighted by atomic mass is 9.95. The molecule has 0 aromatic carbocycles. The highest BCUT2D eigenvalue weighted by molar-refractivity contribution is 5.72. The fourth-order valence-electron chi connectivity index (χ4n) is 2.88. The van der Waals surface area contributed by atoms with Gasteiger partial charge in [-0.3, -0.25) is 0 Å². The van der Waals surface area contributed by atoms with Gasteiger partial charge in [-0.15, -0.1) is 0 Å². The zero-order chi connectivity index (χ0) is 12.4. The van der Waals surface area contributed by atoms with E-state index >= 15 is 0 Å². The molecular weight excluding hydrogens is 218 g/mol. The molecular formula is C13H23NO3. The van der Waals surface area contributed by atoms with Crippen molar-refractivity contribution in [2.24, 2.45) is 11.8 Å². The van der Waals surface area contributed by atoms with Gasteiger partial charge in [0.25, 0.3) is 0 Å². The van der Waals surface area contributed by atoms with Crippen molar-refractivity contribution >= 4 is 5.97 Å². The van der Waals surface area contributed by atoms with Crippen molar-refractivity contribution in [2.75, 3.05) is 19.6 Å². The lowest BCUT2D eigenvalue weighted by Gasteiger charge is -2.21. The summed E-state index contributed by atoms with van der Waals surface area (Å²) < 4.78 is 5.54. The van der Waals surface area contributed by atoms with E-state index in [-0.39, 0.29) is 6.10 Å². The van der Waals surface area contributed by atoms with Gasteiger partial charge in [0.2, 0.25) is 0 Å². The van der Waals surface area contributed by atoms with Crippen LogP contribution in [-0.4, -0.2) is 47.8 Å². The number of hydrogen-bond donors (Lipinski definition) is 1. The second kappa shape index (κ2) is 5.36. The Kier molecular flexibility index (Phi) is 4.05. The number of hydrogen-bond acceptors (Lipinski definition) is 3. The molecule has 0 aromatic rings. The highest BCUT2D eigenvalue weighted by Crippen LogP contribution is 2.26. The SMILES string of the molecule is CC(C)C1CCN(CC2CCC(C(=O)O)O2)C1. The third-order valence-corrected chi connectivity index (χ3v) is 4.10. The summed E-state index contributed by atoms with van der Waals surface area (Å²) in [5.41, 5.74) is 0. The molecule has 2 heterocycles. The van der Waals surface area contributed by atoms with E-state index in [0.29, 0.717) is 6.42 Å². The van der Waals surface area contributed by atoms with E-state index in [1.807, 2.05) is 0 Å². The van der Waals surface area contributed by atoms with Crippen LogP contribution >= 0.6 is 0 Å². The molecule has 0 radical (unpaired) electrons. The molecule has 2 rings (SSSR count). The summed E-state index contributed by atoms with van der Waals surface area (Å²) in [5.74, 6) is 0.733. The Balaban J connectivity index is 1.74. The van der Waals surface area contributed by atoms with E-state index in [1.54, 1.807) is 0 Å². The first-order valence-electron chi connectivity index (χ1n) is 6.67. The molecule has 3 unspecified atom stereocenters. The van der Waals surface area contributed by atoms with Crippen LogP contribution in [0.5, 0.6) is 0 Å². The van der Waals surface area contributed by atoms with Crippen LogP contribution in [0.3, 0.4) is 0 Å². The Morgan fingerprint density at radius 2 is 2.18 bits per heavy atom. The molecule has 0 amide bonds. The lowest BCUT2D eigenvalue weighted by molar-refractivity contribution is -0.149. The minimum Gasteiger partial charge on any atom is -0.479 e. The zero-order valence-corrected chi connectivity index (χ0v) is 10.8. The first-order valence-corrected chi connectivity index (χ1v) is 6.67. The fraction of sp³-hybridized carbons (Fsp3) is 0.923. The summed E-state index contributed by atoms with van der Waals surface area (Å²) >= 11 is 0. The summed E-state index contributed by atoms with van der Waals surface area (Å²) in [7, 11) is 0. The number of carboxylic acid groups (broad SMARTS) is 1. The Labute approximate surface area is 103 Å². The van der Waals surface area contributed by atoms with E-state index < -0.39 is 12.1 Å². The molecule has 98 valence electrons. The third-order valence-electron chi connectivity index (χ3n) is 4.10. The molecule has 3 atom stereocenters. The number of aliphatic carboxylic acids is 1. The number of rotatable bonds is 4. The van der Waals surface area contributed by atoms with Gasteiger partial charge in [-0.2, -0.15) is 0 Å². The minimum atomic E-state index is -0.811. The Morgan fingerprint density at radius 3 is 2.71 bits per heavy atom. The first kappa shape index (κ1) is 12.8. The summed E-state index contributed by atoms with van der Waals surface area (Å²) in [6.07, 6.45) is 2.39. The van der Waals surface area contributed by atoms with E-state index in [0.717, 1.165) is 37.9 Å². The van der Waals surface area contributed by atoms with Crippen LogP contribution < -0.4 is 0 Å². The van der Waals surface area contributed by atoms with Gasteiger partial charge in [0.05, 0.1) is 6.10 Å². The molecule has 2 aliphatic heterocycles. The maximum atomic E-state index is 10.8. The topological polar surface area (TPSA) is 49.8 Å². The van der Waals surface area contributed by atoms with Crippen molar-refractivity contribution in [1.82, 2.24) is 4.90 Å². The van der Waals surface area contributed by atoms with Crippen molar-refractivity contribution < 1.29 is 14.6 Å². The average molecular weight is 241 g/mol. The van der Waals surface area contributed by atoms with E-state index in [4.69, 9.17) is 9.84 Å². The second-order valence-electron chi connectivity index (χ2n) is 5.71. The summed E-state index contributed by atoms with van der Waals surface area (Å²) in [4.78, 5) is 13.2. The molecule has 2 saturated heterocycles. The van der Waals surface area contributed by atoms with E-state index in [2.05, 4.69) is 18.7 Å². The first-order chi connectivity index (χ1) is 8.06. The van der Waals surface area contributed by atoms with Crippen LogP contribution in [0.1, 0.15) is 33.1 Å². The highest BCUT2D eigenvalue weighted by Gasteiger charge is 2.33. The van der Waals surface area contributed by atoms with Crippen molar-refractivity contribution in [3.63, 3.8) is 0 Å². The van der Waals surface area contributed by atoms with Gasteiger partial charge in [-0.1, -0.05) is 13.8 Å². The van der Waals surface area contributed by atoms with Crippen LogP contribution in [-0.2, 0) is 9.53 Å². The van der Waals surface area contributed by atoms with Crippen molar-refractivity contribution in [3.8, 4) is 0 Å². The van der Waals surface area contributed by atoms with E-state index in [1.165, 1.54) is 6.42 Å². The molecule has 0 spiro atoms. The Hall–Kier alpha value is -0.610. The maximum absolute atomic E-state index is 10.8. The van der Waals surface area contributed by atoms with Gasteiger partial charge < -0.3 is 14.7 Å². The number of nitrogens with zero attached hydrogens (tertiary/aromatic N) is 1. The van der Waals surface area contributed by atoms with Gasteiger partial charge in [-0.25, -0.2) is 4.79 Å². The molecule has 4 nitrogen and oxygen atoms in total. The molecule has 2 fully saturated rings. The largest absolute Gasteiger partial charge is 0.479 e. The number of likely N-dealkylation sites (tertiary alicyclic amines) is 1. The Morgan fingerprint density at radius 1 is 1.41 bits per heavy atom. The van der Waals surface area contributed by atoms with Crippen LogP contribution in [0.15, 0.2) is 0 Å². The van der Waals surface area contributed by atoms with Crippen molar-refractivity contribution in [2.45, 2.75) is 45.3 Å². The highest BCUT2D eigenvalue weighted by atomic mass is 16.5. The molecule has 0 aliphatic carbocycles. The molecule has 0 bridgehead atoms. The van der Waals surface area contributed by atoms with Gasteiger partial charge >= 0.3 is 5.97 Å². The molecule has 2 aliphatic rings. The van der Waals surface area contributed by atoms with Crippen molar-refractivity contribution in [1.29, 1.82) is 0 Å². The normalized spacial score (nSPS) is 34.6. The number of carboxylic acids is 1. The average Bonchev–Trinajstić information content (AvgIpc) is 2.87. The second-order valence-corrected chi connectivity index (χ2v) is 5.71. The van der Waals surface area contributed by atoms with Gasteiger partial charge in [0.15, 0.2) is 6.10 Å². The molecule has 17 heavy (non-hydrogen) atoms.